The van der Waals surface area contributed by atoms with Gasteiger partial charge in [0.1, 0.15) is 15.4 Å². The predicted octanol–water partition coefficient (Wildman–Crippen LogP) is 1.53. The van der Waals surface area contributed by atoms with Crippen LogP contribution in [0.5, 0.6) is 0 Å². The molecule has 0 atom stereocenters. The van der Waals surface area contributed by atoms with Gasteiger partial charge in [0.15, 0.2) is 5.76 Å². The molecule has 2 rings (SSSR count). The van der Waals surface area contributed by atoms with E-state index in [1.165, 1.54) is 0 Å². The molecule has 0 fully saturated rings. The largest absolute Gasteiger partial charge is 0.451 e. The van der Waals surface area contributed by atoms with Gasteiger partial charge in [0, 0.05) is 18.2 Å². The topological polar surface area (TPSA) is 85.6 Å². The Hall–Kier alpha value is -1.86. The zero-order chi connectivity index (χ0) is 16.2. The number of rotatable bonds is 7. The Balaban J connectivity index is 1.79. The lowest BCUT2D eigenvalue weighted by Crippen LogP contribution is -2.27. The molecule has 0 saturated carbocycles. The van der Waals surface area contributed by atoms with Crippen LogP contribution in [0.2, 0.25) is 0 Å². The molecule has 0 unspecified atom stereocenters. The molecule has 0 aliphatic carbocycles. The van der Waals surface area contributed by atoms with E-state index >= 15 is 0 Å². The van der Waals surface area contributed by atoms with Gasteiger partial charge in [-0.1, -0.05) is 11.6 Å². The Labute approximate surface area is 129 Å². The van der Waals surface area contributed by atoms with Crippen molar-refractivity contribution in [3.05, 3.63) is 35.6 Å². The molecule has 0 saturated heterocycles. The third-order valence-corrected chi connectivity index (χ3v) is 3.93. The molecule has 22 heavy (non-hydrogen) atoms. The van der Waals surface area contributed by atoms with Gasteiger partial charge >= 0.3 is 0 Å². The Morgan fingerprint density at radius 1 is 1.27 bits per heavy atom. The maximum absolute atomic E-state index is 11.9. The van der Waals surface area contributed by atoms with Crippen LogP contribution >= 0.6 is 0 Å². The number of furan rings is 1. The fourth-order valence-electron chi connectivity index (χ4n) is 1.91. The van der Waals surface area contributed by atoms with Crippen molar-refractivity contribution in [3.8, 4) is 0 Å². The Kier molecular flexibility index (Phi) is 5.20. The number of hydrogen-bond acceptors (Lipinski definition) is 5. The second-order valence-corrected chi connectivity index (χ2v) is 7.41. The van der Waals surface area contributed by atoms with Crippen LogP contribution in [0, 0.1) is 6.92 Å². The quantitative estimate of drug-likeness (QED) is 0.780. The lowest BCUT2D eigenvalue weighted by atomic mass is 10.2. The Morgan fingerprint density at radius 2 is 2.05 bits per heavy atom. The lowest BCUT2D eigenvalue weighted by molar-refractivity contribution is 0.0898. The summed E-state index contributed by atoms with van der Waals surface area (Å²) in [5.74, 6) is -0.0959. The van der Waals surface area contributed by atoms with Crippen LogP contribution in [0.3, 0.4) is 0 Å². The van der Waals surface area contributed by atoms with E-state index in [1.54, 1.807) is 6.07 Å². The number of aryl methyl sites for hydroxylation is 1. The molecule has 0 spiro atoms. The van der Waals surface area contributed by atoms with Gasteiger partial charge in [0.25, 0.3) is 5.91 Å². The van der Waals surface area contributed by atoms with Crippen molar-refractivity contribution >= 4 is 26.7 Å². The second kappa shape index (κ2) is 6.93. The average molecular weight is 325 g/mol. The van der Waals surface area contributed by atoms with Crippen LogP contribution in [0.4, 0.5) is 0 Å². The molecule has 0 bridgehead atoms. The molecule has 1 aromatic heterocycles. The zero-order valence-electron chi connectivity index (χ0n) is 12.6. The molecule has 1 amide bonds. The molecule has 0 aliphatic rings. The molecule has 1 aromatic carbocycles. The molecule has 6 nitrogen and oxygen atoms in total. The highest BCUT2D eigenvalue weighted by Crippen LogP contribution is 2.20. The van der Waals surface area contributed by atoms with Crippen molar-refractivity contribution in [2.24, 2.45) is 0 Å². The summed E-state index contributed by atoms with van der Waals surface area (Å²) in [7, 11) is -3.02. The van der Waals surface area contributed by atoms with Crippen LogP contribution in [-0.4, -0.2) is 46.1 Å². The number of hydrogen-bond donors (Lipinski definition) is 1. The predicted molar refractivity (Wildman–Crippen MR) is 83.8 cm³/mol. The van der Waals surface area contributed by atoms with Gasteiger partial charge in [-0.05, 0) is 25.1 Å². The number of carbonyl (C=O) groups excluding carboxylic acids is 1. The van der Waals surface area contributed by atoms with Crippen molar-refractivity contribution in [3.63, 3.8) is 0 Å². The van der Waals surface area contributed by atoms with E-state index in [-0.39, 0.29) is 30.6 Å². The second-order valence-electron chi connectivity index (χ2n) is 5.15. The van der Waals surface area contributed by atoms with Crippen molar-refractivity contribution in [1.82, 2.24) is 5.32 Å². The third kappa shape index (κ3) is 4.85. The van der Waals surface area contributed by atoms with E-state index in [2.05, 4.69) is 5.32 Å². The molecule has 1 N–H and O–H groups in total. The highest BCUT2D eigenvalue weighted by Gasteiger charge is 2.11. The minimum absolute atomic E-state index is 0.0239. The summed E-state index contributed by atoms with van der Waals surface area (Å²) in [6, 6.07) is 7.39. The minimum Gasteiger partial charge on any atom is -0.451 e. The number of sulfone groups is 1. The first-order valence-electron chi connectivity index (χ1n) is 6.89. The monoisotopic (exact) mass is 325 g/mol. The number of carbonyl (C=O) groups is 1. The zero-order valence-corrected chi connectivity index (χ0v) is 13.4. The first-order valence-corrected chi connectivity index (χ1v) is 8.95. The lowest BCUT2D eigenvalue weighted by Gasteiger charge is -2.04. The number of amides is 1. The molecule has 2 aromatic rings. The normalized spacial score (nSPS) is 11.7. The SMILES string of the molecule is Cc1ccc2oc(C(=O)NCCOCCS(C)(=O)=O)cc2c1. The van der Waals surface area contributed by atoms with E-state index in [4.69, 9.17) is 9.15 Å². The fraction of sp³-hybridized carbons (Fsp3) is 0.400. The number of fused-ring (bicyclic) bond motifs is 1. The summed E-state index contributed by atoms with van der Waals surface area (Å²) in [5.41, 5.74) is 1.76. The first kappa shape index (κ1) is 16.5. The van der Waals surface area contributed by atoms with Crippen molar-refractivity contribution in [1.29, 1.82) is 0 Å². The Morgan fingerprint density at radius 3 is 2.77 bits per heavy atom. The van der Waals surface area contributed by atoms with Gasteiger partial charge in [-0.25, -0.2) is 8.42 Å². The maximum atomic E-state index is 11.9. The molecular weight excluding hydrogens is 306 g/mol. The molecule has 1 heterocycles. The van der Waals surface area contributed by atoms with Crippen LogP contribution in [-0.2, 0) is 14.6 Å². The highest BCUT2D eigenvalue weighted by molar-refractivity contribution is 7.90. The average Bonchev–Trinajstić information content (AvgIpc) is 2.84. The third-order valence-electron chi connectivity index (χ3n) is 3.03. The van der Waals surface area contributed by atoms with Gasteiger partial charge in [0.2, 0.25) is 0 Å². The molecule has 0 radical (unpaired) electrons. The number of ether oxygens (including phenoxy) is 1. The summed E-state index contributed by atoms with van der Waals surface area (Å²) in [4.78, 5) is 11.9. The maximum Gasteiger partial charge on any atom is 0.287 e. The van der Waals surface area contributed by atoms with Crippen LogP contribution in [0.1, 0.15) is 16.1 Å². The van der Waals surface area contributed by atoms with Gasteiger partial charge in [-0.3, -0.25) is 4.79 Å². The summed E-state index contributed by atoms with van der Waals surface area (Å²) >= 11 is 0. The smallest absolute Gasteiger partial charge is 0.287 e. The fourth-order valence-corrected chi connectivity index (χ4v) is 2.33. The van der Waals surface area contributed by atoms with Gasteiger partial charge < -0.3 is 14.5 Å². The van der Waals surface area contributed by atoms with Gasteiger partial charge in [0.05, 0.1) is 19.0 Å². The number of nitrogens with one attached hydrogen (secondary N) is 1. The molecule has 0 aliphatic heterocycles. The van der Waals surface area contributed by atoms with E-state index in [9.17, 15) is 13.2 Å². The highest BCUT2D eigenvalue weighted by atomic mass is 32.2. The van der Waals surface area contributed by atoms with E-state index in [1.807, 2.05) is 25.1 Å². The summed E-state index contributed by atoms with van der Waals surface area (Å²) in [6.07, 6.45) is 1.15. The minimum atomic E-state index is -3.02. The summed E-state index contributed by atoms with van der Waals surface area (Å²) in [5, 5.41) is 3.55. The molecule has 7 heteroatoms. The van der Waals surface area contributed by atoms with Crippen LogP contribution in [0.15, 0.2) is 28.7 Å². The van der Waals surface area contributed by atoms with Crippen LogP contribution < -0.4 is 5.32 Å². The molecule has 120 valence electrons. The summed E-state index contributed by atoms with van der Waals surface area (Å²) < 4.78 is 32.4. The van der Waals surface area contributed by atoms with E-state index in [0.717, 1.165) is 17.2 Å². The Bertz CT molecular complexity index is 763. The molecular formula is C15H19NO5S. The van der Waals surface area contributed by atoms with Gasteiger partial charge in [-0.15, -0.1) is 0 Å². The van der Waals surface area contributed by atoms with Crippen molar-refractivity contribution in [2.75, 3.05) is 31.8 Å². The number of benzene rings is 1. The van der Waals surface area contributed by atoms with Gasteiger partial charge in [-0.2, -0.15) is 0 Å². The van der Waals surface area contributed by atoms with Crippen LogP contribution in [0.25, 0.3) is 11.0 Å². The standard InChI is InChI=1S/C15H19NO5S/c1-11-3-4-13-12(9-11)10-14(21-13)15(17)16-5-6-20-7-8-22(2,18)19/h3-4,9-10H,5-8H2,1-2H3,(H,16,17). The van der Waals surface area contributed by atoms with Crippen molar-refractivity contribution in [2.45, 2.75) is 6.92 Å². The summed E-state index contributed by atoms with van der Waals surface area (Å²) in [6.45, 7) is 2.64. The van der Waals surface area contributed by atoms with Crippen molar-refractivity contribution < 1.29 is 22.4 Å². The first-order chi connectivity index (χ1) is 10.3. The van der Waals surface area contributed by atoms with E-state index < -0.39 is 9.84 Å². The van der Waals surface area contributed by atoms with E-state index in [0.29, 0.717) is 12.1 Å².